The predicted molar refractivity (Wildman–Crippen MR) is 197 cm³/mol. The number of ketones is 1. The molecule has 1 N–H and O–H groups in total. The number of rotatable bonds is 20. The van der Waals surface area contributed by atoms with Crippen LogP contribution < -0.4 is 0 Å². The van der Waals surface area contributed by atoms with Gasteiger partial charge in [0.15, 0.2) is 6.87 Å². The van der Waals surface area contributed by atoms with E-state index in [2.05, 4.69) is 83.1 Å². The topological polar surface area (TPSA) is 46.5 Å². The molecule has 42 heavy (non-hydrogen) atoms. The highest BCUT2D eigenvalue weighted by atomic mass is 29.9. The van der Waals surface area contributed by atoms with Gasteiger partial charge in [-0.05, 0) is 11.0 Å². The SMILES string of the molecule is CC[Si](CC)(CC)[Si](O[C@@H](CC(=O)C[C@@H](O)/C=C/c1ccccc1)C(C)(C)C)([Si](CC)(CC)CC)[Si](CC)(CC)CC. The minimum atomic E-state index is -2.29. The van der Waals surface area contributed by atoms with E-state index < -0.39 is 35.7 Å². The second-order valence-corrected chi connectivity index (χ2v) is 50.0. The maximum absolute atomic E-state index is 13.8. The number of hydrogen-bond acceptors (Lipinski definition) is 3. The van der Waals surface area contributed by atoms with Gasteiger partial charge in [0.1, 0.15) is 5.78 Å². The quantitative estimate of drug-likeness (QED) is 0.143. The third kappa shape index (κ3) is 7.97. The first kappa shape index (κ1) is 39.4. The highest BCUT2D eigenvalue weighted by Crippen LogP contribution is 2.52. The minimum Gasteiger partial charge on any atom is -0.422 e. The van der Waals surface area contributed by atoms with Crippen LogP contribution in [0, 0.1) is 5.41 Å². The van der Waals surface area contributed by atoms with Gasteiger partial charge in [-0.25, -0.2) is 0 Å². The standard InChI is InChI=1S/C35H68O3Si4/c1-13-39(14-2,15-3)42(40(16-4,17-5)18-6,41(19-7,20-8)21-9)38-34(35(10,11)12)30-33(37)29-32(36)28-27-31-25-23-22-24-26-31/h22-28,32,34,36H,13-21,29-30H2,1-12H3/b28-27+/t32-,34-/m0/s1. The van der Waals surface area contributed by atoms with E-state index in [1.165, 1.54) is 54.4 Å². The molecule has 0 unspecified atom stereocenters. The molecule has 2 atom stereocenters. The van der Waals surface area contributed by atoms with Gasteiger partial charge in [0.2, 0.25) is 0 Å². The molecule has 0 fully saturated rings. The fraction of sp³-hybridized carbons (Fsp3) is 0.743. The Kier molecular flexibility index (Phi) is 16.2. The molecule has 0 aromatic heterocycles. The molecule has 0 aliphatic rings. The Morgan fingerprint density at radius 2 is 1.10 bits per heavy atom. The molecule has 242 valence electrons. The summed E-state index contributed by atoms with van der Waals surface area (Å²) >= 11 is 0. The number of carbonyl (C=O) groups is 1. The molecular formula is C35H68O3Si4. The Morgan fingerprint density at radius 3 is 1.43 bits per heavy atom. The third-order valence-electron chi connectivity index (χ3n) is 11.8. The van der Waals surface area contributed by atoms with Crippen LogP contribution in [0.1, 0.15) is 101 Å². The minimum absolute atomic E-state index is 0.0912. The summed E-state index contributed by atoms with van der Waals surface area (Å²) < 4.78 is 8.30. The van der Waals surface area contributed by atoms with Gasteiger partial charge in [-0.3, -0.25) is 4.79 Å². The van der Waals surface area contributed by atoms with Gasteiger partial charge in [-0.1, -0.05) is 180 Å². The fourth-order valence-corrected chi connectivity index (χ4v) is 109. The molecule has 0 radical (unpaired) electrons. The fourth-order valence-electron chi connectivity index (χ4n) is 8.67. The molecule has 0 saturated heterocycles. The number of hydrogen-bond donors (Lipinski definition) is 1. The first-order valence-corrected chi connectivity index (χ1v) is 30.1. The average Bonchev–Trinajstić information content (AvgIpc) is 2.99. The Morgan fingerprint density at radius 1 is 0.714 bits per heavy atom. The summed E-state index contributed by atoms with van der Waals surface area (Å²) in [5.41, 5.74) is 0.898. The normalized spacial score (nSPS) is 15.3. The monoisotopic (exact) mass is 648 g/mol. The molecular weight excluding hydrogens is 581 g/mol. The van der Waals surface area contributed by atoms with E-state index >= 15 is 0 Å². The van der Waals surface area contributed by atoms with Crippen LogP contribution in [0.3, 0.4) is 0 Å². The Labute approximate surface area is 264 Å². The number of carbonyl (C=O) groups excluding carboxylic acids is 1. The van der Waals surface area contributed by atoms with E-state index in [9.17, 15) is 9.90 Å². The summed E-state index contributed by atoms with van der Waals surface area (Å²) in [5.74, 6) is 0.133. The van der Waals surface area contributed by atoms with Crippen molar-refractivity contribution in [3.8, 4) is 0 Å². The second-order valence-electron chi connectivity index (χ2n) is 14.0. The maximum Gasteiger partial charge on any atom is 0.160 e. The largest absolute Gasteiger partial charge is 0.422 e. The van der Waals surface area contributed by atoms with Crippen LogP contribution in [0.5, 0.6) is 0 Å². The van der Waals surface area contributed by atoms with Crippen LogP contribution in [0.15, 0.2) is 36.4 Å². The molecule has 0 aliphatic heterocycles. The van der Waals surface area contributed by atoms with Crippen LogP contribution in [0.25, 0.3) is 6.08 Å². The van der Waals surface area contributed by atoms with E-state index in [-0.39, 0.29) is 23.7 Å². The molecule has 7 heteroatoms. The molecule has 0 spiro atoms. The third-order valence-corrected chi connectivity index (χ3v) is 81.8. The molecule has 0 aliphatic carbocycles. The van der Waals surface area contributed by atoms with Gasteiger partial charge < -0.3 is 9.53 Å². The van der Waals surface area contributed by atoms with E-state index in [4.69, 9.17) is 4.43 Å². The second kappa shape index (κ2) is 17.2. The zero-order valence-electron chi connectivity index (χ0n) is 29.7. The molecule has 1 aromatic carbocycles. The number of aliphatic hydroxyl groups is 1. The lowest BCUT2D eigenvalue weighted by molar-refractivity contribution is -0.123. The highest BCUT2D eigenvalue weighted by Gasteiger charge is 2.73. The summed E-state index contributed by atoms with van der Waals surface area (Å²) in [6, 6.07) is 21.9. The molecule has 0 amide bonds. The van der Waals surface area contributed by atoms with Gasteiger partial charge >= 0.3 is 0 Å². The summed E-state index contributed by atoms with van der Waals surface area (Å²) in [7, 11) is -5.40. The molecule has 0 saturated carbocycles. The maximum atomic E-state index is 13.8. The molecule has 1 aromatic rings. The Balaban J connectivity index is 3.80. The summed E-state index contributed by atoms with van der Waals surface area (Å²) in [5, 5.41) is 10.8. The zero-order valence-corrected chi connectivity index (χ0v) is 33.7. The van der Waals surface area contributed by atoms with Crippen LogP contribution in [0.2, 0.25) is 54.4 Å². The molecule has 3 nitrogen and oxygen atoms in total. The number of Topliss-reactive ketones (excluding diaryl/α,β-unsaturated/α-hetero) is 1. The van der Waals surface area contributed by atoms with Gasteiger partial charge in [0.05, 0.1) is 35.0 Å². The van der Waals surface area contributed by atoms with E-state index in [1.54, 1.807) is 6.08 Å². The van der Waals surface area contributed by atoms with Crippen molar-refractivity contribution in [2.24, 2.45) is 5.41 Å². The first-order valence-electron chi connectivity index (χ1n) is 17.4. The summed E-state index contributed by atoms with van der Waals surface area (Å²) in [6.45, 7) is 27.2. The van der Waals surface area contributed by atoms with Crippen molar-refractivity contribution in [2.75, 3.05) is 0 Å². The van der Waals surface area contributed by atoms with Crippen LogP contribution in [0.4, 0.5) is 0 Å². The summed E-state index contributed by atoms with van der Waals surface area (Å²) in [6.07, 6.45) is 3.40. The lowest BCUT2D eigenvalue weighted by atomic mass is 9.85. The molecule has 0 heterocycles. The van der Waals surface area contributed by atoms with E-state index in [1.807, 2.05) is 36.4 Å². The smallest absolute Gasteiger partial charge is 0.160 e. The van der Waals surface area contributed by atoms with Crippen molar-refractivity contribution >= 4 is 41.5 Å². The van der Waals surface area contributed by atoms with Crippen LogP contribution in [-0.4, -0.2) is 52.7 Å². The van der Waals surface area contributed by atoms with Crippen LogP contribution in [-0.2, 0) is 9.22 Å². The Bertz CT molecular complexity index is 870. The van der Waals surface area contributed by atoms with Crippen molar-refractivity contribution < 1.29 is 14.3 Å². The van der Waals surface area contributed by atoms with Crippen molar-refractivity contribution in [2.45, 2.75) is 163 Å². The van der Waals surface area contributed by atoms with E-state index in [0.717, 1.165) is 5.56 Å². The Hall–Kier alpha value is -0.582. The number of benzene rings is 1. The average molecular weight is 649 g/mol. The van der Waals surface area contributed by atoms with Crippen molar-refractivity contribution in [1.29, 1.82) is 0 Å². The predicted octanol–water partition coefficient (Wildman–Crippen LogP) is 10.5. The lowest BCUT2D eigenvalue weighted by Crippen LogP contribution is -2.90. The number of aliphatic hydroxyl groups excluding tert-OH is 1. The summed E-state index contributed by atoms with van der Waals surface area (Å²) in [4.78, 5) is 13.8. The lowest BCUT2D eigenvalue weighted by Gasteiger charge is -2.65. The van der Waals surface area contributed by atoms with Gasteiger partial charge in [-0.2, -0.15) is 0 Å². The van der Waals surface area contributed by atoms with Crippen molar-refractivity contribution in [1.82, 2.24) is 0 Å². The van der Waals surface area contributed by atoms with E-state index in [0.29, 0.717) is 6.42 Å². The zero-order chi connectivity index (χ0) is 32.2. The van der Waals surface area contributed by atoms with Crippen molar-refractivity contribution in [3.05, 3.63) is 42.0 Å². The van der Waals surface area contributed by atoms with Gasteiger partial charge in [-0.15, -0.1) is 0 Å². The van der Waals surface area contributed by atoms with Gasteiger partial charge in [0, 0.05) is 12.8 Å². The molecule has 1 rings (SSSR count). The van der Waals surface area contributed by atoms with Crippen molar-refractivity contribution in [3.63, 3.8) is 0 Å². The van der Waals surface area contributed by atoms with Crippen LogP contribution >= 0.6 is 0 Å². The highest BCUT2D eigenvalue weighted by molar-refractivity contribution is 7.88. The molecule has 0 bridgehead atoms. The van der Waals surface area contributed by atoms with Gasteiger partial charge in [0.25, 0.3) is 0 Å². The first-order chi connectivity index (χ1) is 19.8.